The second-order valence-electron chi connectivity index (χ2n) is 1.80. The van der Waals surface area contributed by atoms with Crippen LogP contribution in [0.2, 0.25) is 0 Å². The summed E-state index contributed by atoms with van der Waals surface area (Å²) in [7, 11) is 0. The lowest BCUT2D eigenvalue weighted by molar-refractivity contribution is 1.05. The standard InChI is InChI=1S/C6H5Cl3/c7-4-1-2-5(8)6(9)3-4/h1-3,5-6H/t5-,6?/m0/s1. The first-order valence-electron chi connectivity index (χ1n) is 2.54. The second kappa shape index (κ2) is 2.96. The van der Waals surface area contributed by atoms with Gasteiger partial charge in [-0.2, -0.15) is 0 Å². The van der Waals surface area contributed by atoms with Gasteiger partial charge in [0.25, 0.3) is 0 Å². The normalized spacial score (nSPS) is 34.3. The van der Waals surface area contributed by atoms with E-state index in [9.17, 15) is 0 Å². The summed E-state index contributed by atoms with van der Waals surface area (Å²) in [6.07, 6.45) is 5.25. The number of allylic oxidation sites excluding steroid dienone is 4. The summed E-state index contributed by atoms with van der Waals surface area (Å²) >= 11 is 17.0. The molecule has 50 valence electrons. The molecular weight excluding hydrogens is 178 g/mol. The Labute approximate surface area is 69.1 Å². The van der Waals surface area contributed by atoms with Crippen molar-refractivity contribution in [3.63, 3.8) is 0 Å². The Balaban J connectivity index is 2.70. The van der Waals surface area contributed by atoms with E-state index >= 15 is 0 Å². The molecule has 0 amide bonds. The molecule has 0 saturated heterocycles. The van der Waals surface area contributed by atoms with Crippen LogP contribution >= 0.6 is 34.8 Å². The van der Waals surface area contributed by atoms with Crippen molar-refractivity contribution in [1.29, 1.82) is 0 Å². The van der Waals surface area contributed by atoms with Crippen molar-refractivity contribution in [3.8, 4) is 0 Å². The number of alkyl halides is 2. The third-order valence-electron chi connectivity index (χ3n) is 1.06. The van der Waals surface area contributed by atoms with Crippen LogP contribution in [-0.4, -0.2) is 10.8 Å². The van der Waals surface area contributed by atoms with Crippen molar-refractivity contribution in [2.45, 2.75) is 10.8 Å². The molecule has 0 aromatic rings. The molecule has 0 aromatic carbocycles. The van der Waals surface area contributed by atoms with Gasteiger partial charge in [0.05, 0.1) is 10.8 Å². The van der Waals surface area contributed by atoms with Crippen LogP contribution in [0, 0.1) is 0 Å². The van der Waals surface area contributed by atoms with Crippen molar-refractivity contribution < 1.29 is 0 Å². The van der Waals surface area contributed by atoms with Gasteiger partial charge in [0, 0.05) is 5.03 Å². The molecule has 1 aliphatic rings. The zero-order chi connectivity index (χ0) is 6.85. The summed E-state index contributed by atoms with van der Waals surface area (Å²) < 4.78 is 0. The van der Waals surface area contributed by atoms with Crippen molar-refractivity contribution >= 4 is 34.8 Å². The largest absolute Gasteiger partial charge is 0.116 e. The summed E-state index contributed by atoms with van der Waals surface area (Å²) in [4.78, 5) is 0. The maximum absolute atomic E-state index is 5.72. The topological polar surface area (TPSA) is 0 Å². The molecule has 1 aliphatic carbocycles. The van der Waals surface area contributed by atoms with Gasteiger partial charge in [0.1, 0.15) is 0 Å². The predicted octanol–water partition coefficient (Wildman–Crippen LogP) is 2.89. The zero-order valence-corrected chi connectivity index (χ0v) is 6.79. The van der Waals surface area contributed by atoms with Crippen LogP contribution in [0.1, 0.15) is 0 Å². The van der Waals surface area contributed by atoms with E-state index in [-0.39, 0.29) is 10.8 Å². The number of rotatable bonds is 0. The van der Waals surface area contributed by atoms with E-state index in [0.717, 1.165) is 0 Å². The first kappa shape index (κ1) is 7.46. The molecule has 0 radical (unpaired) electrons. The van der Waals surface area contributed by atoms with Gasteiger partial charge in [-0.15, -0.1) is 23.2 Å². The van der Waals surface area contributed by atoms with E-state index in [1.807, 2.05) is 0 Å². The molecule has 0 nitrogen and oxygen atoms in total. The summed E-state index contributed by atoms with van der Waals surface area (Å²) in [5.41, 5.74) is 0. The van der Waals surface area contributed by atoms with Gasteiger partial charge in [0.2, 0.25) is 0 Å². The lowest BCUT2D eigenvalue weighted by atomic mass is 10.2. The van der Waals surface area contributed by atoms with E-state index in [1.165, 1.54) is 0 Å². The molecule has 0 aliphatic heterocycles. The van der Waals surface area contributed by atoms with E-state index in [0.29, 0.717) is 5.03 Å². The molecule has 0 bridgehead atoms. The molecule has 0 heterocycles. The maximum Gasteiger partial charge on any atom is 0.0732 e. The number of hydrogen-bond acceptors (Lipinski definition) is 0. The van der Waals surface area contributed by atoms with Crippen LogP contribution in [0.3, 0.4) is 0 Å². The fourth-order valence-electron chi connectivity index (χ4n) is 0.590. The molecule has 0 N–H and O–H groups in total. The third kappa shape index (κ3) is 1.89. The van der Waals surface area contributed by atoms with Crippen LogP contribution < -0.4 is 0 Å². The van der Waals surface area contributed by atoms with Crippen LogP contribution in [0.15, 0.2) is 23.3 Å². The monoisotopic (exact) mass is 182 g/mol. The Kier molecular flexibility index (Phi) is 2.45. The fourth-order valence-corrected chi connectivity index (χ4v) is 1.23. The second-order valence-corrected chi connectivity index (χ2v) is 3.24. The van der Waals surface area contributed by atoms with Crippen LogP contribution in [0.4, 0.5) is 0 Å². The van der Waals surface area contributed by atoms with Gasteiger partial charge < -0.3 is 0 Å². The Morgan fingerprint density at radius 2 is 1.89 bits per heavy atom. The molecule has 1 rings (SSSR count). The summed E-state index contributed by atoms with van der Waals surface area (Å²) in [5, 5.41) is 0.380. The van der Waals surface area contributed by atoms with E-state index < -0.39 is 0 Å². The van der Waals surface area contributed by atoms with E-state index in [2.05, 4.69) is 0 Å². The molecule has 9 heavy (non-hydrogen) atoms. The van der Waals surface area contributed by atoms with Crippen molar-refractivity contribution in [2.24, 2.45) is 0 Å². The van der Waals surface area contributed by atoms with Gasteiger partial charge in [0.15, 0.2) is 0 Å². The third-order valence-corrected chi connectivity index (χ3v) is 2.26. The summed E-state index contributed by atoms with van der Waals surface area (Å²) in [5.74, 6) is 0. The zero-order valence-electron chi connectivity index (χ0n) is 4.52. The molecule has 3 heteroatoms. The minimum absolute atomic E-state index is 0.117. The predicted molar refractivity (Wildman–Crippen MR) is 42.4 cm³/mol. The molecular formula is C6H5Cl3. The van der Waals surface area contributed by atoms with Crippen LogP contribution in [0.5, 0.6) is 0 Å². The molecule has 0 spiro atoms. The summed E-state index contributed by atoms with van der Waals surface area (Å²) in [6, 6.07) is 0. The first-order valence-corrected chi connectivity index (χ1v) is 3.79. The lowest BCUT2D eigenvalue weighted by Gasteiger charge is -2.11. The van der Waals surface area contributed by atoms with Gasteiger partial charge in [-0.25, -0.2) is 0 Å². The summed E-state index contributed by atoms with van der Waals surface area (Å²) in [6.45, 7) is 0. The molecule has 0 aromatic heterocycles. The lowest BCUT2D eigenvalue weighted by Crippen LogP contribution is -2.11. The number of halogens is 3. The Morgan fingerprint density at radius 1 is 1.22 bits per heavy atom. The van der Waals surface area contributed by atoms with Crippen molar-refractivity contribution in [1.82, 2.24) is 0 Å². The van der Waals surface area contributed by atoms with Crippen molar-refractivity contribution in [3.05, 3.63) is 23.3 Å². The highest BCUT2D eigenvalue weighted by Gasteiger charge is 2.14. The van der Waals surface area contributed by atoms with Gasteiger partial charge in [-0.3, -0.25) is 0 Å². The van der Waals surface area contributed by atoms with E-state index in [1.54, 1.807) is 18.2 Å². The molecule has 2 atom stereocenters. The van der Waals surface area contributed by atoms with Crippen LogP contribution in [0.25, 0.3) is 0 Å². The number of hydrogen-bond donors (Lipinski definition) is 0. The average Bonchev–Trinajstić information content (AvgIpc) is 1.80. The Morgan fingerprint density at radius 3 is 2.33 bits per heavy atom. The highest BCUT2D eigenvalue weighted by Crippen LogP contribution is 2.22. The SMILES string of the molecule is ClC1=CC(Cl)[C@@H](Cl)C=C1. The van der Waals surface area contributed by atoms with Crippen LogP contribution in [-0.2, 0) is 0 Å². The maximum atomic E-state index is 5.72. The van der Waals surface area contributed by atoms with Crippen molar-refractivity contribution in [2.75, 3.05) is 0 Å². The molecule has 1 unspecified atom stereocenters. The average molecular weight is 183 g/mol. The molecule has 0 fully saturated rings. The minimum Gasteiger partial charge on any atom is -0.116 e. The van der Waals surface area contributed by atoms with Gasteiger partial charge in [-0.1, -0.05) is 17.7 Å². The Hall–Kier alpha value is 0.350. The Bertz CT molecular complexity index is 160. The smallest absolute Gasteiger partial charge is 0.0732 e. The minimum atomic E-state index is -0.163. The van der Waals surface area contributed by atoms with E-state index in [4.69, 9.17) is 34.8 Å². The van der Waals surface area contributed by atoms with Gasteiger partial charge in [-0.05, 0) is 12.2 Å². The van der Waals surface area contributed by atoms with Gasteiger partial charge >= 0.3 is 0 Å². The fraction of sp³-hybridized carbons (Fsp3) is 0.333. The highest BCUT2D eigenvalue weighted by atomic mass is 35.5. The first-order chi connectivity index (χ1) is 4.20. The quantitative estimate of drug-likeness (QED) is 0.507. The molecule has 0 saturated carbocycles. The highest BCUT2D eigenvalue weighted by molar-refractivity contribution is 6.35.